The molecule has 0 N–H and O–H groups in total. The van der Waals surface area contributed by atoms with Crippen LogP contribution in [0.15, 0.2) is 137 Å². The summed E-state index contributed by atoms with van der Waals surface area (Å²) in [5.74, 6) is 2.30. The van der Waals surface area contributed by atoms with Gasteiger partial charge in [-0.2, -0.15) is 0 Å². The summed E-state index contributed by atoms with van der Waals surface area (Å²) in [5, 5.41) is 0. The van der Waals surface area contributed by atoms with Gasteiger partial charge in [0.2, 0.25) is 0 Å². The fraction of sp³-hybridized carbons (Fsp3) is 0.294. The first-order valence-electron chi connectivity index (χ1n) is 21.4. The van der Waals surface area contributed by atoms with Crippen molar-refractivity contribution in [3.8, 4) is 51.7 Å². The van der Waals surface area contributed by atoms with E-state index < -0.39 is 29.9 Å². The van der Waals surface area contributed by atoms with Gasteiger partial charge >= 0.3 is 19.1 Å². The average molecular weight is 1060 g/mol. The fourth-order valence-electron chi connectivity index (χ4n) is 6.33. The Hall–Kier alpha value is -6.13. The number of hydrogen-bond acceptors (Lipinski definition) is 11. The van der Waals surface area contributed by atoms with Crippen LogP contribution >= 0.6 is 11.8 Å². The van der Waals surface area contributed by atoms with Crippen molar-refractivity contribution in [2.75, 3.05) is 54.8 Å². The van der Waals surface area contributed by atoms with Crippen LogP contribution in [0, 0.1) is 6.92 Å². The highest BCUT2D eigenvalue weighted by atomic mass is 32.2. The molecular formula is C51H54F9N3O7S2. The number of aryl methyl sites for hydroxylation is 1. The van der Waals surface area contributed by atoms with Gasteiger partial charge in [0.1, 0.15) is 51.7 Å². The van der Waals surface area contributed by atoms with Crippen molar-refractivity contribution < 1.29 is 72.1 Å². The summed E-state index contributed by atoms with van der Waals surface area (Å²) in [6, 6.07) is 32.7. The van der Waals surface area contributed by atoms with E-state index in [-0.39, 0.29) is 17.2 Å². The maximum Gasteiger partial charge on any atom is 0.573 e. The monoisotopic (exact) mass is 1060 g/mol. The van der Waals surface area contributed by atoms with E-state index >= 15 is 0 Å². The van der Waals surface area contributed by atoms with Crippen LogP contribution in [0.3, 0.4) is 0 Å². The highest BCUT2D eigenvalue weighted by Crippen LogP contribution is 2.34. The molecule has 1 unspecified atom stereocenters. The Morgan fingerprint density at radius 1 is 0.444 bits per heavy atom. The van der Waals surface area contributed by atoms with Crippen LogP contribution < -0.4 is 28.4 Å². The molecule has 0 amide bonds. The minimum atomic E-state index is -4.73. The average Bonchev–Trinajstić information content (AvgIpc) is 3.26. The second kappa shape index (κ2) is 26.5. The van der Waals surface area contributed by atoms with Gasteiger partial charge in [0.05, 0.1) is 0 Å². The van der Waals surface area contributed by atoms with Crippen molar-refractivity contribution in [3.63, 3.8) is 0 Å². The third kappa shape index (κ3) is 21.7. The zero-order valence-electron chi connectivity index (χ0n) is 40.7. The Balaban J connectivity index is 0.000000235. The van der Waals surface area contributed by atoms with E-state index in [9.17, 15) is 43.7 Å². The van der Waals surface area contributed by atoms with Crippen LogP contribution in [-0.2, 0) is 30.4 Å². The van der Waals surface area contributed by atoms with E-state index in [1.54, 1.807) is 36.2 Å². The van der Waals surface area contributed by atoms with Crippen molar-refractivity contribution in [1.29, 1.82) is 0 Å². The van der Waals surface area contributed by atoms with Crippen LogP contribution in [0.4, 0.5) is 39.5 Å². The molecule has 1 atom stereocenters. The molecule has 0 bridgehead atoms. The SMILES string of the molecule is CN(C)Cc1cc(S(C)=O)ccc1Oc1ccc(OC(F)(F)F)cc1.CSc1ccc(Oc2ccc(OC(F)(F)F)cc2)c(CN(C)C)c1.Cc1ccc(Oc2ccc(OC(F)(F)F)cc2)c(CN(C)C)c1. The Morgan fingerprint density at radius 3 is 1.07 bits per heavy atom. The first-order chi connectivity index (χ1) is 33.6. The quantitative estimate of drug-likeness (QED) is 0.0647. The summed E-state index contributed by atoms with van der Waals surface area (Å²) >= 11 is 1.64. The van der Waals surface area contributed by atoms with Gasteiger partial charge in [-0.3, -0.25) is 4.21 Å². The number of thioether (sulfide) groups is 1. The molecule has 390 valence electrons. The second-order valence-corrected chi connectivity index (χ2v) is 18.6. The van der Waals surface area contributed by atoms with Crippen molar-refractivity contribution in [3.05, 3.63) is 150 Å². The minimum Gasteiger partial charge on any atom is -0.457 e. The van der Waals surface area contributed by atoms with Crippen LogP contribution in [0.1, 0.15) is 22.3 Å². The lowest BCUT2D eigenvalue weighted by Gasteiger charge is -2.16. The Bertz CT molecular complexity index is 2650. The smallest absolute Gasteiger partial charge is 0.457 e. The molecule has 0 aliphatic heterocycles. The fourth-order valence-corrected chi connectivity index (χ4v) is 7.36. The molecule has 0 aliphatic carbocycles. The van der Waals surface area contributed by atoms with Crippen LogP contribution in [0.2, 0.25) is 0 Å². The molecule has 0 saturated carbocycles. The number of halogens is 9. The number of alkyl halides is 9. The van der Waals surface area contributed by atoms with Crippen LogP contribution in [-0.4, -0.2) is 92.8 Å². The molecule has 0 heterocycles. The van der Waals surface area contributed by atoms with Gasteiger partial charge in [-0.05, 0) is 171 Å². The summed E-state index contributed by atoms with van der Waals surface area (Å²) in [6.45, 7) is 3.95. The maximum absolute atomic E-state index is 12.2. The molecule has 0 spiro atoms. The summed E-state index contributed by atoms with van der Waals surface area (Å²) in [5.41, 5.74) is 3.95. The lowest BCUT2D eigenvalue weighted by molar-refractivity contribution is -0.275. The van der Waals surface area contributed by atoms with Gasteiger partial charge in [0.15, 0.2) is 0 Å². The van der Waals surface area contributed by atoms with E-state index in [4.69, 9.17) is 14.2 Å². The molecule has 0 saturated heterocycles. The molecule has 21 heteroatoms. The molecule has 72 heavy (non-hydrogen) atoms. The molecule has 0 fully saturated rings. The standard InChI is InChI=1S/C17H18F3NO3S.C17H18F3NO2S.C17H18F3NO2/c1-21(2)11-12-10-15(25(3)22)8-9-16(12)23-13-4-6-14(7-5-13)24-17(18,19)20;1-21(2)11-12-10-15(24-3)8-9-16(12)22-13-4-6-14(7-5-13)23-17(18,19)20;1-12-4-9-16(13(10-12)11-21(2)3)22-14-5-7-15(8-6-14)23-17(18,19)20/h4-10H,11H2,1-3H3;4-10H,11H2,1-3H3;4-10H,11H2,1-3H3. The lowest BCUT2D eigenvalue weighted by Crippen LogP contribution is -2.16. The van der Waals surface area contributed by atoms with Crippen molar-refractivity contribution in [2.45, 2.75) is 55.4 Å². The Labute approximate surface area is 419 Å². The Morgan fingerprint density at radius 2 is 0.750 bits per heavy atom. The van der Waals surface area contributed by atoms with E-state index in [0.29, 0.717) is 59.0 Å². The largest absolute Gasteiger partial charge is 0.573 e. The summed E-state index contributed by atoms with van der Waals surface area (Å²) in [6.07, 6.45) is -10.5. The predicted octanol–water partition coefficient (Wildman–Crippen LogP) is 14.1. The van der Waals surface area contributed by atoms with E-state index in [1.807, 2.05) is 107 Å². The third-order valence-corrected chi connectivity index (χ3v) is 10.8. The zero-order chi connectivity index (χ0) is 53.4. The summed E-state index contributed by atoms with van der Waals surface area (Å²) < 4.78 is 150. The number of hydrogen-bond donors (Lipinski definition) is 0. The molecule has 6 rings (SSSR count). The third-order valence-electron chi connectivity index (χ3n) is 9.16. The highest BCUT2D eigenvalue weighted by molar-refractivity contribution is 7.98. The molecule has 6 aromatic rings. The van der Waals surface area contributed by atoms with E-state index in [2.05, 4.69) is 14.2 Å². The molecule has 10 nitrogen and oxygen atoms in total. The zero-order valence-corrected chi connectivity index (χ0v) is 42.3. The number of benzene rings is 6. The highest BCUT2D eigenvalue weighted by Gasteiger charge is 2.32. The first kappa shape index (κ1) is 58.4. The first-order valence-corrected chi connectivity index (χ1v) is 24.2. The van der Waals surface area contributed by atoms with Gasteiger partial charge in [-0.1, -0.05) is 17.7 Å². The van der Waals surface area contributed by atoms with Gasteiger partial charge in [0.25, 0.3) is 0 Å². The minimum absolute atomic E-state index is 0.276. The van der Waals surface area contributed by atoms with Crippen molar-refractivity contribution >= 4 is 22.6 Å². The summed E-state index contributed by atoms with van der Waals surface area (Å²) in [7, 11) is 10.5. The maximum atomic E-state index is 12.2. The molecular weight excluding hydrogens is 1000 g/mol. The molecule has 0 aromatic heterocycles. The molecule has 0 radical (unpaired) electrons. The summed E-state index contributed by atoms with van der Waals surface area (Å²) in [4.78, 5) is 7.77. The number of ether oxygens (including phenoxy) is 6. The van der Waals surface area contributed by atoms with Gasteiger partial charge in [0, 0.05) is 63.2 Å². The normalized spacial score (nSPS) is 12.1. The molecule has 0 aliphatic rings. The predicted molar refractivity (Wildman–Crippen MR) is 260 cm³/mol. The van der Waals surface area contributed by atoms with E-state index in [1.165, 1.54) is 72.8 Å². The Kier molecular flexibility index (Phi) is 21.5. The lowest BCUT2D eigenvalue weighted by atomic mass is 10.1. The molecule has 6 aromatic carbocycles. The van der Waals surface area contributed by atoms with Crippen molar-refractivity contribution in [1.82, 2.24) is 14.7 Å². The van der Waals surface area contributed by atoms with E-state index in [0.717, 1.165) is 27.1 Å². The number of nitrogens with zero attached hydrogens (tertiary/aromatic N) is 3. The topological polar surface area (TPSA) is 82.2 Å². The van der Waals surface area contributed by atoms with Gasteiger partial charge in [-0.25, -0.2) is 0 Å². The van der Waals surface area contributed by atoms with Crippen LogP contribution in [0.25, 0.3) is 0 Å². The van der Waals surface area contributed by atoms with Gasteiger partial charge in [-0.15, -0.1) is 51.3 Å². The number of rotatable bonds is 17. The van der Waals surface area contributed by atoms with Crippen molar-refractivity contribution in [2.24, 2.45) is 0 Å². The second-order valence-electron chi connectivity index (χ2n) is 16.4. The van der Waals surface area contributed by atoms with Gasteiger partial charge < -0.3 is 43.1 Å². The van der Waals surface area contributed by atoms with Crippen LogP contribution in [0.5, 0.6) is 51.7 Å².